The van der Waals surface area contributed by atoms with E-state index >= 15 is 0 Å². The monoisotopic (exact) mass is 166 g/mol. The van der Waals surface area contributed by atoms with Gasteiger partial charge < -0.3 is 20.1 Å². The number of para-hydroxylation sites is 1. The number of benzene rings is 1. The van der Waals surface area contributed by atoms with Crippen molar-refractivity contribution in [3.05, 3.63) is 18.2 Å². The maximum Gasteiger partial charge on any atom is 0.202 e. The molecule has 0 amide bonds. The van der Waals surface area contributed by atoms with Gasteiger partial charge in [0.1, 0.15) is 0 Å². The van der Waals surface area contributed by atoms with Crippen molar-refractivity contribution < 1.29 is 20.1 Å². The molecule has 0 spiro atoms. The Hall–Kier alpha value is -2.02. The molecule has 12 heavy (non-hydrogen) atoms. The summed E-state index contributed by atoms with van der Waals surface area (Å²) < 4.78 is 4.55. The summed E-state index contributed by atoms with van der Waals surface area (Å²) in [5, 5.41) is 26.1. The molecule has 0 atom stereocenters. The van der Waals surface area contributed by atoms with Gasteiger partial charge in [0.2, 0.25) is 5.75 Å². The van der Waals surface area contributed by atoms with Crippen molar-refractivity contribution in [1.29, 1.82) is 0 Å². The van der Waals surface area contributed by atoms with Gasteiger partial charge in [-0.2, -0.15) is 0 Å². The first-order valence-electron chi connectivity index (χ1n) is 3.07. The lowest BCUT2D eigenvalue weighted by atomic mass is 10.3. The first kappa shape index (κ1) is 8.08. The molecule has 1 aromatic rings. The second-order valence-corrected chi connectivity index (χ2v) is 1.94. The van der Waals surface area contributed by atoms with E-state index < -0.39 is 5.75 Å². The van der Waals surface area contributed by atoms with Crippen LogP contribution in [0.5, 0.6) is 17.2 Å². The zero-order valence-corrected chi connectivity index (χ0v) is 5.98. The summed E-state index contributed by atoms with van der Waals surface area (Å²) in [5.41, 5.74) is 0. The molecule has 0 fully saturated rings. The maximum atomic E-state index is 9.10. The minimum absolute atomic E-state index is 0.00319. The van der Waals surface area contributed by atoms with Crippen LogP contribution >= 0.6 is 0 Å². The lowest BCUT2D eigenvalue weighted by Gasteiger charge is -2.00. The third-order valence-corrected chi connectivity index (χ3v) is 1.18. The molecule has 1 aromatic carbocycles. The van der Waals surface area contributed by atoms with Crippen molar-refractivity contribution in [2.24, 2.45) is 0 Å². The van der Waals surface area contributed by atoms with Crippen LogP contribution < -0.4 is 4.74 Å². The normalized spacial score (nSPS) is 8.33. The van der Waals surface area contributed by atoms with E-state index in [1.54, 1.807) is 0 Å². The van der Waals surface area contributed by atoms with Crippen LogP contribution in [0.4, 0.5) is 0 Å². The Balaban J connectivity index is 2.97. The van der Waals surface area contributed by atoms with Crippen LogP contribution in [0.3, 0.4) is 0 Å². The van der Waals surface area contributed by atoms with Gasteiger partial charge in [0.05, 0.1) is 0 Å². The van der Waals surface area contributed by atoms with Crippen molar-refractivity contribution in [3.8, 4) is 29.5 Å². The van der Waals surface area contributed by atoms with E-state index in [4.69, 9.17) is 15.3 Å². The lowest BCUT2D eigenvalue weighted by Crippen LogP contribution is -1.83. The number of phenols is 2. The molecule has 62 valence electrons. The summed E-state index contributed by atoms with van der Waals surface area (Å²) in [6.45, 7) is 0. The molecule has 0 radical (unpaired) electrons. The van der Waals surface area contributed by atoms with Gasteiger partial charge in [-0.1, -0.05) is 6.07 Å². The number of ether oxygens (including phenoxy) is 1. The van der Waals surface area contributed by atoms with Gasteiger partial charge in [0.15, 0.2) is 23.7 Å². The fourth-order valence-corrected chi connectivity index (χ4v) is 0.671. The molecule has 0 aromatic heterocycles. The Kier molecular flexibility index (Phi) is 2.29. The van der Waals surface area contributed by atoms with Crippen molar-refractivity contribution in [2.75, 3.05) is 0 Å². The van der Waals surface area contributed by atoms with Crippen LogP contribution in [0.25, 0.3) is 0 Å². The molecule has 1 rings (SSSR count). The Morgan fingerprint density at radius 3 is 2.67 bits per heavy atom. The molecule has 0 saturated carbocycles. The molecule has 3 N–H and O–H groups in total. The third kappa shape index (κ3) is 1.52. The van der Waals surface area contributed by atoms with Crippen LogP contribution in [0.15, 0.2) is 18.2 Å². The number of aromatic hydroxyl groups is 2. The highest BCUT2D eigenvalue weighted by Gasteiger charge is 2.05. The zero-order chi connectivity index (χ0) is 8.97. The highest BCUT2D eigenvalue weighted by atomic mass is 16.5. The second-order valence-electron chi connectivity index (χ2n) is 1.94. The molecule has 0 aliphatic heterocycles. The van der Waals surface area contributed by atoms with Crippen LogP contribution in [-0.2, 0) is 0 Å². The fourth-order valence-electron chi connectivity index (χ4n) is 0.671. The smallest absolute Gasteiger partial charge is 0.202 e. The summed E-state index contributed by atoms with van der Waals surface area (Å²) in [6.07, 6.45) is 3.36. The Morgan fingerprint density at radius 1 is 1.25 bits per heavy atom. The van der Waals surface area contributed by atoms with Gasteiger partial charge in [-0.25, -0.2) is 0 Å². The number of hydrogen-bond acceptors (Lipinski definition) is 4. The summed E-state index contributed by atoms with van der Waals surface area (Å²) in [4.78, 5) is 0. The average Bonchev–Trinajstić information content (AvgIpc) is 2.08. The minimum atomic E-state index is -0.403. The van der Waals surface area contributed by atoms with E-state index in [0.717, 1.165) is 0 Å². The van der Waals surface area contributed by atoms with Gasteiger partial charge in [0.25, 0.3) is 0 Å². The van der Waals surface area contributed by atoms with Crippen molar-refractivity contribution in [3.63, 3.8) is 0 Å². The SMILES string of the molecule is OC#COc1cccc(O)c1O. The predicted octanol–water partition coefficient (Wildman–Crippen LogP) is 0.767. The fraction of sp³-hybridized carbons (Fsp3) is 0. The largest absolute Gasteiger partial charge is 0.504 e. The van der Waals surface area contributed by atoms with Gasteiger partial charge in [-0.15, -0.1) is 0 Å². The highest BCUT2D eigenvalue weighted by Crippen LogP contribution is 2.34. The first-order chi connectivity index (χ1) is 5.75. The van der Waals surface area contributed by atoms with Crippen molar-refractivity contribution in [1.82, 2.24) is 0 Å². The molecule has 0 unspecified atom stereocenters. The van der Waals surface area contributed by atoms with Gasteiger partial charge >= 0.3 is 0 Å². The van der Waals surface area contributed by atoms with Crippen LogP contribution in [0.1, 0.15) is 0 Å². The summed E-state index contributed by atoms with van der Waals surface area (Å²) in [7, 11) is 0. The summed E-state index contributed by atoms with van der Waals surface area (Å²) in [5.74, 6) is -0.705. The van der Waals surface area contributed by atoms with Gasteiger partial charge in [0, 0.05) is 0 Å². The molecule has 0 aliphatic rings. The first-order valence-corrected chi connectivity index (χ1v) is 3.07. The zero-order valence-electron chi connectivity index (χ0n) is 5.98. The van der Waals surface area contributed by atoms with Crippen molar-refractivity contribution in [2.45, 2.75) is 0 Å². The quantitative estimate of drug-likeness (QED) is 0.425. The van der Waals surface area contributed by atoms with Crippen LogP contribution in [0, 0.1) is 12.2 Å². The molecule has 0 heterocycles. The van der Waals surface area contributed by atoms with Gasteiger partial charge in [-0.05, 0) is 12.1 Å². The van der Waals surface area contributed by atoms with Gasteiger partial charge in [-0.3, -0.25) is 0 Å². The number of aliphatic hydroxyl groups excluding tert-OH is 1. The maximum absolute atomic E-state index is 9.10. The number of phenolic OH excluding ortho intramolecular Hbond substituents is 2. The van der Waals surface area contributed by atoms with Crippen LogP contribution in [-0.4, -0.2) is 15.3 Å². The Morgan fingerprint density at radius 2 is 2.00 bits per heavy atom. The minimum Gasteiger partial charge on any atom is -0.504 e. The van der Waals surface area contributed by atoms with E-state index in [1.165, 1.54) is 24.3 Å². The standard InChI is InChI=1S/C8H6O4/c9-4-5-12-7-3-1-2-6(10)8(7)11/h1-3,9-11H. The van der Waals surface area contributed by atoms with E-state index in [-0.39, 0.29) is 11.5 Å². The van der Waals surface area contributed by atoms with Crippen molar-refractivity contribution >= 4 is 0 Å². The molecule has 4 heteroatoms. The van der Waals surface area contributed by atoms with E-state index in [0.29, 0.717) is 0 Å². The number of hydrogen-bond donors (Lipinski definition) is 3. The highest BCUT2D eigenvalue weighted by molar-refractivity contribution is 5.49. The number of rotatable bonds is 1. The van der Waals surface area contributed by atoms with E-state index in [1.807, 2.05) is 6.11 Å². The topological polar surface area (TPSA) is 69.9 Å². The molecular formula is C8H6O4. The van der Waals surface area contributed by atoms with E-state index in [9.17, 15) is 0 Å². The molecule has 0 bridgehead atoms. The second kappa shape index (κ2) is 3.39. The Labute approximate surface area is 68.7 Å². The molecule has 4 nitrogen and oxygen atoms in total. The third-order valence-electron chi connectivity index (χ3n) is 1.18. The average molecular weight is 166 g/mol. The predicted molar refractivity (Wildman–Crippen MR) is 40.1 cm³/mol. The molecule has 0 aliphatic carbocycles. The van der Waals surface area contributed by atoms with Crippen LogP contribution in [0.2, 0.25) is 0 Å². The summed E-state index contributed by atoms with van der Waals surface area (Å²) in [6, 6.07) is 4.18. The number of aliphatic hydroxyl groups is 1. The summed E-state index contributed by atoms with van der Waals surface area (Å²) >= 11 is 0. The Bertz CT molecular complexity index is 335. The molecular weight excluding hydrogens is 160 g/mol. The van der Waals surface area contributed by atoms with E-state index in [2.05, 4.69) is 4.74 Å². The molecule has 0 saturated heterocycles. The lowest BCUT2D eigenvalue weighted by molar-refractivity contribution is 0.377.